The van der Waals surface area contributed by atoms with Crippen molar-refractivity contribution < 1.29 is 46.9 Å². The van der Waals surface area contributed by atoms with Crippen LogP contribution in [0.1, 0.15) is 0 Å². The Bertz CT molecular complexity index is 9.61. The summed E-state index contributed by atoms with van der Waals surface area (Å²) in [6.07, 6.45) is 0. The molecule has 24 valence electrons. The van der Waals surface area contributed by atoms with Crippen LogP contribution >= 0.6 is 0 Å². The Hall–Kier alpha value is 1.92. The summed E-state index contributed by atoms with van der Waals surface area (Å²) in [5, 5.41) is 1.25. The second kappa shape index (κ2) is 16.8. The predicted molar refractivity (Wildman–Crippen MR) is 9.05 cm³/mol. The van der Waals surface area contributed by atoms with Crippen LogP contribution in [0.2, 0.25) is 0 Å². The van der Waals surface area contributed by atoms with E-state index >= 15 is 0 Å². The van der Waals surface area contributed by atoms with Crippen LogP contribution in [0, 0.1) is 0 Å². The van der Waals surface area contributed by atoms with E-state index in [0.717, 1.165) is 0 Å². The Labute approximate surface area is 75.4 Å². The van der Waals surface area contributed by atoms with E-state index in [2.05, 4.69) is 0 Å². The van der Waals surface area contributed by atoms with Crippen molar-refractivity contribution in [1.82, 2.24) is 0 Å². The first-order chi connectivity index (χ1) is 1.41. The molecule has 0 heterocycles. The molecular formula is F2NaOY. The van der Waals surface area contributed by atoms with Crippen molar-refractivity contribution in [2.45, 2.75) is 0 Å². The standard InChI is InChI=1S/F2O.Na.Y/c1-3-2;;. The predicted octanol–water partition coefficient (Wildman–Crippen LogP) is 0.389. The maximum atomic E-state index is 9.12. The summed E-state index contributed by atoms with van der Waals surface area (Å²) in [6, 6.07) is 0. The molecular weight excluding hydrogens is 166 g/mol. The zero-order valence-electron chi connectivity index (χ0n) is 2.74. The van der Waals surface area contributed by atoms with Gasteiger partial charge in [0.05, 0.1) is 0 Å². The van der Waals surface area contributed by atoms with E-state index in [1.165, 1.54) is 5.15 Å². The van der Waals surface area contributed by atoms with Gasteiger partial charge >= 0.3 is 0 Å². The Morgan fingerprint density at radius 2 is 1.20 bits per heavy atom. The molecule has 5 heavy (non-hydrogen) atoms. The average Bonchev–Trinajstić information content (AvgIpc) is 0.918. The summed E-state index contributed by atoms with van der Waals surface area (Å²) in [4.78, 5) is 0. The van der Waals surface area contributed by atoms with Crippen LogP contribution in [0.3, 0.4) is 0 Å². The van der Waals surface area contributed by atoms with Crippen molar-refractivity contribution in [2.75, 3.05) is 0 Å². The summed E-state index contributed by atoms with van der Waals surface area (Å²) >= 11 is 0. The van der Waals surface area contributed by atoms with Gasteiger partial charge in [-0.15, -0.1) is 0 Å². The SMILES string of the molecule is FOF.[Na].[Y]. The third kappa shape index (κ3) is 24.6. The number of rotatable bonds is 0. The van der Waals surface area contributed by atoms with Gasteiger partial charge in [0.1, 0.15) is 0 Å². The van der Waals surface area contributed by atoms with Crippen molar-refractivity contribution in [3.8, 4) is 0 Å². The molecule has 0 N–H and O–H groups in total. The summed E-state index contributed by atoms with van der Waals surface area (Å²) in [6.45, 7) is 0. The van der Waals surface area contributed by atoms with Crippen LogP contribution in [-0.2, 0) is 37.9 Å². The molecule has 0 aliphatic carbocycles. The molecule has 1 nitrogen and oxygen atoms in total. The number of halogens is 2. The zero-order chi connectivity index (χ0) is 2.71. The molecule has 5 heteroatoms. The van der Waals surface area contributed by atoms with Crippen LogP contribution in [0.5, 0.6) is 0 Å². The van der Waals surface area contributed by atoms with E-state index in [9.17, 15) is 0 Å². The fraction of sp³-hybridized carbons (Fsp3) is 0. The number of hydrogen-bond donors (Lipinski definition) is 0. The Morgan fingerprint density at radius 1 is 1.20 bits per heavy atom. The fourth-order valence-corrected chi connectivity index (χ4v) is 0. The van der Waals surface area contributed by atoms with Gasteiger partial charge in [0, 0.05) is 67.4 Å². The number of hydrogen-bond acceptors (Lipinski definition) is 1. The molecule has 0 aromatic heterocycles. The molecule has 0 unspecified atom stereocenters. The second-order valence-electron chi connectivity index (χ2n) is 0.0583. The maximum Gasteiger partial charge on any atom is 0.0209 e. The molecule has 2 radical (unpaired) electrons. The minimum absolute atomic E-state index is 0. The topological polar surface area (TPSA) is 9.23 Å². The van der Waals surface area contributed by atoms with Gasteiger partial charge in [-0.3, -0.25) is 0 Å². The van der Waals surface area contributed by atoms with Crippen molar-refractivity contribution in [1.29, 1.82) is 0 Å². The van der Waals surface area contributed by atoms with E-state index in [1.54, 1.807) is 0 Å². The molecule has 0 atom stereocenters. The molecule has 0 rings (SSSR count). The smallest absolute Gasteiger partial charge is 0.0104 e. The third-order valence-electron chi connectivity index (χ3n) is 0. The van der Waals surface area contributed by atoms with E-state index < -0.39 is 0 Å². The molecule has 0 aromatic carbocycles. The molecule has 0 aliphatic rings. The molecule has 0 spiro atoms. The normalized spacial score (nSPS) is 3.60. The van der Waals surface area contributed by atoms with E-state index in [1.807, 2.05) is 0 Å². The monoisotopic (exact) mass is 166 g/mol. The summed E-state index contributed by atoms with van der Waals surface area (Å²) < 4.78 is 18.2. The first kappa shape index (κ1) is 15.8. The van der Waals surface area contributed by atoms with Crippen LogP contribution in [0.15, 0.2) is 0 Å². The molecule has 0 saturated carbocycles. The third-order valence-corrected chi connectivity index (χ3v) is 0. The van der Waals surface area contributed by atoms with Crippen LogP contribution in [0.4, 0.5) is 9.05 Å². The first-order valence-electron chi connectivity index (χ1n) is 0.309. The fourth-order valence-electron chi connectivity index (χ4n) is 0. The quantitative estimate of drug-likeness (QED) is 0.473. The Balaban J connectivity index is -0.0000000200. The van der Waals surface area contributed by atoms with Gasteiger partial charge in [-0.2, -0.15) is 0 Å². The average molecular weight is 166 g/mol. The van der Waals surface area contributed by atoms with Crippen molar-refractivity contribution >= 4 is 29.6 Å². The summed E-state index contributed by atoms with van der Waals surface area (Å²) in [5.74, 6) is 0. The minimum Gasteiger partial charge on any atom is -0.0104 e. The van der Waals surface area contributed by atoms with Gasteiger partial charge in [0.25, 0.3) is 0 Å². The molecule has 0 aliphatic heterocycles. The summed E-state index contributed by atoms with van der Waals surface area (Å²) in [7, 11) is 0. The van der Waals surface area contributed by atoms with Crippen molar-refractivity contribution in [3.05, 3.63) is 0 Å². The second-order valence-corrected chi connectivity index (χ2v) is 0.0583. The largest absolute Gasteiger partial charge is 0.0209 e. The molecule has 0 fully saturated rings. The van der Waals surface area contributed by atoms with E-state index in [-0.39, 0.29) is 62.3 Å². The van der Waals surface area contributed by atoms with E-state index in [4.69, 9.17) is 9.05 Å². The molecule has 0 saturated heterocycles. The molecule has 0 aromatic rings. The van der Waals surface area contributed by atoms with Crippen LogP contribution < -0.4 is 0 Å². The van der Waals surface area contributed by atoms with Gasteiger partial charge in [0.2, 0.25) is 0 Å². The van der Waals surface area contributed by atoms with Crippen LogP contribution in [0.25, 0.3) is 0 Å². The Kier molecular flexibility index (Phi) is 53.0. The van der Waals surface area contributed by atoms with Crippen LogP contribution in [-0.4, -0.2) is 29.6 Å². The molecule has 0 amide bonds. The van der Waals surface area contributed by atoms with Gasteiger partial charge in [-0.1, -0.05) is 0 Å². The van der Waals surface area contributed by atoms with Gasteiger partial charge in [-0.25, -0.2) is 0 Å². The first-order valence-corrected chi connectivity index (χ1v) is 0.309. The maximum absolute atomic E-state index is 9.12. The van der Waals surface area contributed by atoms with Gasteiger partial charge < -0.3 is 0 Å². The van der Waals surface area contributed by atoms with Crippen molar-refractivity contribution in [3.63, 3.8) is 0 Å². The van der Waals surface area contributed by atoms with E-state index in [0.29, 0.717) is 0 Å². The summed E-state index contributed by atoms with van der Waals surface area (Å²) in [5.41, 5.74) is 0. The van der Waals surface area contributed by atoms with Gasteiger partial charge in [-0.05, 0) is 9.05 Å². The zero-order valence-corrected chi connectivity index (χ0v) is 7.58. The molecule has 0 bridgehead atoms. The Morgan fingerprint density at radius 3 is 1.20 bits per heavy atom. The minimum atomic E-state index is 0. The van der Waals surface area contributed by atoms with Crippen molar-refractivity contribution in [2.24, 2.45) is 0 Å². The van der Waals surface area contributed by atoms with Gasteiger partial charge in [0.15, 0.2) is 0 Å².